The van der Waals surface area contributed by atoms with Gasteiger partial charge in [0.25, 0.3) is 11.8 Å². The Labute approximate surface area is 290 Å². The number of unbranched alkanes of at least 4 members (excludes halogenated alkanes) is 2. The van der Waals surface area contributed by atoms with Crippen LogP contribution in [0.15, 0.2) is 36.4 Å². The highest BCUT2D eigenvalue weighted by molar-refractivity contribution is 6.12. The number of nitrogens with zero attached hydrogens (tertiary/aromatic N) is 2. The molecule has 17 nitrogen and oxygen atoms in total. The van der Waals surface area contributed by atoms with Gasteiger partial charge >= 0.3 is 12.1 Å². The third-order valence-corrected chi connectivity index (χ3v) is 8.05. The number of hydrogen-bond donors (Lipinski definition) is 7. The second kappa shape index (κ2) is 19.8. The number of carbonyl (C=O) groups is 7. The number of carbonyl (C=O) groups excluding carboxylic acids is 7. The van der Waals surface area contributed by atoms with E-state index >= 15 is 0 Å². The second-order valence-electron chi connectivity index (χ2n) is 12.4. The minimum atomic E-state index is -1.02. The van der Waals surface area contributed by atoms with Gasteiger partial charge in [-0.1, -0.05) is 32.4 Å². The van der Waals surface area contributed by atoms with E-state index in [4.69, 9.17) is 10.5 Å². The summed E-state index contributed by atoms with van der Waals surface area (Å²) < 4.78 is 5.34. The Bertz CT molecular complexity index is 1380. The standard InChI is InChI=1S/C33H48N8O9/c1-21(2)29(39-25(42)8-4-3-5-17-41-27(44)13-14-28(41)45)31(47)38-24(7-6-15-36-32(34)48)30(46)37-23-11-9-22(10-12-23)20-50-33(49)40-18-16-35-26(43)19-40/h9-14,21,24,26,29,35,43H,3-8,15-20H2,1-2H3,(H,37,46)(H,38,47)(H,39,42)(H3,34,36,48)/t24-,26-,29-/m1/s1. The molecule has 1 aromatic carbocycles. The smallest absolute Gasteiger partial charge is 0.410 e. The number of amides is 8. The van der Waals surface area contributed by atoms with Gasteiger partial charge in [0.1, 0.15) is 24.9 Å². The number of rotatable bonds is 18. The van der Waals surface area contributed by atoms with Gasteiger partial charge in [0.05, 0.1) is 6.54 Å². The topological polar surface area (TPSA) is 242 Å². The lowest BCUT2D eigenvalue weighted by Crippen LogP contribution is -2.54. The van der Waals surface area contributed by atoms with Gasteiger partial charge in [-0.25, -0.2) is 9.59 Å². The second-order valence-corrected chi connectivity index (χ2v) is 12.4. The number of nitrogens with one attached hydrogen (secondary N) is 5. The summed E-state index contributed by atoms with van der Waals surface area (Å²) >= 11 is 0. The van der Waals surface area contributed by atoms with Gasteiger partial charge < -0.3 is 41.7 Å². The lowest BCUT2D eigenvalue weighted by atomic mass is 10.0. The van der Waals surface area contributed by atoms with Crippen molar-refractivity contribution in [1.29, 1.82) is 0 Å². The highest BCUT2D eigenvalue weighted by atomic mass is 16.6. The minimum absolute atomic E-state index is 0.0146. The molecule has 8 amide bonds. The number of anilines is 1. The monoisotopic (exact) mass is 700 g/mol. The van der Waals surface area contributed by atoms with E-state index in [0.29, 0.717) is 50.0 Å². The van der Waals surface area contributed by atoms with Crippen LogP contribution in [-0.2, 0) is 35.3 Å². The van der Waals surface area contributed by atoms with Gasteiger partial charge in [-0.05, 0) is 49.3 Å². The van der Waals surface area contributed by atoms with Crippen molar-refractivity contribution in [2.75, 3.05) is 38.0 Å². The maximum atomic E-state index is 13.4. The fourth-order valence-electron chi connectivity index (χ4n) is 5.26. The van der Waals surface area contributed by atoms with E-state index in [1.807, 2.05) is 0 Å². The molecule has 3 rings (SSSR count). The van der Waals surface area contributed by atoms with Crippen LogP contribution in [0.4, 0.5) is 15.3 Å². The summed E-state index contributed by atoms with van der Waals surface area (Å²) in [6, 6.07) is 3.93. The van der Waals surface area contributed by atoms with E-state index in [0.717, 1.165) is 4.90 Å². The Morgan fingerprint density at radius 1 is 0.980 bits per heavy atom. The molecule has 0 spiro atoms. The Kier molecular flexibility index (Phi) is 15.6. The summed E-state index contributed by atoms with van der Waals surface area (Å²) in [6.45, 7) is 4.95. The Morgan fingerprint density at radius 2 is 1.68 bits per heavy atom. The highest BCUT2D eigenvalue weighted by Crippen LogP contribution is 2.14. The summed E-state index contributed by atoms with van der Waals surface area (Å²) in [5.74, 6) is -2.43. The molecular formula is C33H48N8O9. The first-order chi connectivity index (χ1) is 23.8. The van der Waals surface area contributed by atoms with E-state index in [2.05, 4.69) is 26.6 Å². The van der Waals surface area contributed by atoms with Crippen LogP contribution in [0.25, 0.3) is 0 Å². The summed E-state index contributed by atoms with van der Waals surface area (Å²) in [6.07, 6.45) is 3.32. The van der Waals surface area contributed by atoms with Crippen LogP contribution in [0.3, 0.4) is 0 Å². The van der Waals surface area contributed by atoms with Crippen LogP contribution in [0.2, 0.25) is 0 Å². The number of urea groups is 1. The van der Waals surface area contributed by atoms with E-state index in [1.54, 1.807) is 38.1 Å². The third kappa shape index (κ3) is 13.1. The van der Waals surface area contributed by atoms with Crippen molar-refractivity contribution >= 4 is 47.3 Å². The maximum absolute atomic E-state index is 13.4. The van der Waals surface area contributed by atoms with Crippen LogP contribution in [0.5, 0.6) is 0 Å². The zero-order chi connectivity index (χ0) is 36.6. The largest absolute Gasteiger partial charge is 0.445 e. The van der Waals surface area contributed by atoms with E-state index in [-0.39, 0.29) is 62.7 Å². The first-order valence-electron chi connectivity index (χ1n) is 16.7. The predicted molar refractivity (Wildman–Crippen MR) is 181 cm³/mol. The molecular weight excluding hydrogens is 652 g/mol. The third-order valence-electron chi connectivity index (χ3n) is 8.05. The van der Waals surface area contributed by atoms with Crippen LogP contribution < -0.4 is 32.3 Å². The van der Waals surface area contributed by atoms with E-state index < -0.39 is 42.3 Å². The van der Waals surface area contributed by atoms with Crippen molar-refractivity contribution in [2.45, 2.75) is 77.3 Å². The van der Waals surface area contributed by atoms with Crippen LogP contribution >= 0.6 is 0 Å². The van der Waals surface area contributed by atoms with Crippen LogP contribution in [0.1, 0.15) is 57.9 Å². The number of hydrogen-bond acceptors (Lipinski definition) is 10. The number of primary amides is 1. The van der Waals surface area contributed by atoms with Crippen molar-refractivity contribution in [3.8, 4) is 0 Å². The molecule has 274 valence electrons. The Balaban J connectivity index is 1.52. The maximum Gasteiger partial charge on any atom is 0.410 e. The quantitative estimate of drug-likeness (QED) is 0.0801. The molecule has 50 heavy (non-hydrogen) atoms. The molecule has 2 heterocycles. The van der Waals surface area contributed by atoms with Crippen molar-refractivity contribution in [3.05, 3.63) is 42.0 Å². The number of aliphatic hydroxyl groups excluding tert-OH is 1. The van der Waals surface area contributed by atoms with Gasteiger partial charge in [-0.2, -0.15) is 0 Å². The van der Waals surface area contributed by atoms with E-state index in [9.17, 15) is 38.7 Å². The highest BCUT2D eigenvalue weighted by Gasteiger charge is 2.29. The lowest BCUT2D eigenvalue weighted by Gasteiger charge is -2.30. The van der Waals surface area contributed by atoms with Crippen LogP contribution in [-0.4, -0.2) is 108 Å². The molecule has 0 bridgehead atoms. The molecule has 1 fully saturated rings. The van der Waals surface area contributed by atoms with Crippen molar-refractivity contribution in [3.63, 3.8) is 0 Å². The fourth-order valence-corrected chi connectivity index (χ4v) is 5.26. The number of aliphatic hydroxyl groups is 1. The molecule has 17 heteroatoms. The fraction of sp³-hybridized carbons (Fsp3) is 0.545. The molecule has 2 aliphatic heterocycles. The number of imide groups is 1. The van der Waals surface area contributed by atoms with Crippen LogP contribution in [0, 0.1) is 5.92 Å². The average Bonchev–Trinajstić information content (AvgIpc) is 3.39. The van der Waals surface area contributed by atoms with Gasteiger partial charge in [0.2, 0.25) is 17.7 Å². The first-order valence-corrected chi connectivity index (χ1v) is 16.7. The summed E-state index contributed by atoms with van der Waals surface area (Å²) in [7, 11) is 0. The average molecular weight is 701 g/mol. The van der Waals surface area contributed by atoms with E-state index in [1.165, 1.54) is 17.1 Å². The molecule has 0 saturated carbocycles. The SMILES string of the molecule is CC(C)[C@@H](NC(=O)CCCCCN1C(=O)C=CC1=O)C(=O)N[C@H](CCCNC(N)=O)C(=O)Nc1ccc(COC(=O)N2CCN[C@H](O)C2)cc1. The summed E-state index contributed by atoms with van der Waals surface area (Å²) in [4.78, 5) is 88.8. The molecule has 3 atom stereocenters. The molecule has 0 aliphatic carbocycles. The first kappa shape index (κ1) is 39.4. The molecule has 8 N–H and O–H groups in total. The number of nitrogens with two attached hydrogens (primary N) is 1. The number of piperazine rings is 1. The zero-order valence-electron chi connectivity index (χ0n) is 28.4. The summed E-state index contributed by atoms with van der Waals surface area (Å²) in [5, 5.41) is 23.2. The van der Waals surface area contributed by atoms with Gasteiger partial charge in [-0.15, -0.1) is 0 Å². The zero-order valence-corrected chi connectivity index (χ0v) is 28.4. The van der Waals surface area contributed by atoms with Gasteiger partial charge in [0, 0.05) is 50.4 Å². The number of benzene rings is 1. The minimum Gasteiger partial charge on any atom is -0.445 e. The molecule has 0 radical (unpaired) electrons. The Hall–Kier alpha value is -5.03. The molecule has 0 aromatic heterocycles. The van der Waals surface area contributed by atoms with Crippen molar-refractivity contribution in [2.24, 2.45) is 11.7 Å². The predicted octanol–water partition coefficient (Wildman–Crippen LogP) is 0.0448. The molecule has 1 aromatic rings. The number of β-amino-alcohol motifs (C(OH)–C–C–N with tert-alkyl or cyclic N) is 1. The van der Waals surface area contributed by atoms with Crippen molar-refractivity contribution in [1.82, 2.24) is 31.1 Å². The lowest BCUT2D eigenvalue weighted by molar-refractivity contribution is -0.137. The molecule has 0 unspecified atom stereocenters. The summed E-state index contributed by atoms with van der Waals surface area (Å²) in [5.41, 5.74) is 6.23. The Morgan fingerprint density at radius 3 is 2.32 bits per heavy atom. The normalized spacial score (nSPS) is 16.9. The van der Waals surface area contributed by atoms with Gasteiger partial charge in [0.15, 0.2) is 0 Å². The van der Waals surface area contributed by atoms with Crippen molar-refractivity contribution < 1.29 is 43.4 Å². The molecule has 2 aliphatic rings. The number of ether oxygens (including phenoxy) is 1. The van der Waals surface area contributed by atoms with Gasteiger partial charge in [-0.3, -0.25) is 34.2 Å². The molecule has 1 saturated heterocycles.